The largest absolute Gasteiger partial charge is 0.465 e. The molecule has 1 saturated carbocycles. The van der Waals surface area contributed by atoms with E-state index in [1.54, 1.807) is 24.3 Å². The minimum absolute atomic E-state index is 0.166. The van der Waals surface area contributed by atoms with Crippen molar-refractivity contribution >= 4 is 40.9 Å². The van der Waals surface area contributed by atoms with Crippen molar-refractivity contribution in [3.05, 3.63) is 59.1 Å². The summed E-state index contributed by atoms with van der Waals surface area (Å²) in [7, 11) is 1.33. The standard InChI is InChI=1S/C23H23ClN4O3S/c1-31-22(30)15-10-12-16(13-11-15)25-20(29)14-32-23-27-26-21(18-8-4-5-9-19(18)24)28(23)17-6-2-3-7-17/h4-5,8-13,17H,2-3,6-7,14H2,1H3,(H,25,29). The van der Waals surface area contributed by atoms with Gasteiger partial charge in [0.15, 0.2) is 11.0 Å². The topological polar surface area (TPSA) is 86.1 Å². The smallest absolute Gasteiger partial charge is 0.337 e. The van der Waals surface area contributed by atoms with Gasteiger partial charge in [-0.15, -0.1) is 10.2 Å². The molecule has 1 heterocycles. The predicted molar refractivity (Wildman–Crippen MR) is 125 cm³/mol. The number of rotatable bonds is 7. The van der Waals surface area contributed by atoms with Gasteiger partial charge in [-0.3, -0.25) is 9.36 Å². The fraction of sp³-hybridized carbons (Fsp3) is 0.304. The van der Waals surface area contributed by atoms with Gasteiger partial charge >= 0.3 is 5.97 Å². The van der Waals surface area contributed by atoms with E-state index in [9.17, 15) is 9.59 Å². The number of carbonyl (C=O) groups is 2. The van der Waals surface area contributed by atoms with Crippen molar-refractivity contribution in [2.75, 3.05) is 18.2 Å². The van der Waals surface area contributed by atoms with E-state index in [2.05, 4.69) is 24.8 Å². The van der Waals surface area contributed by atoms with Crippen LogP contribution in [0.5, 0.6) is 0 Å². The maximum atomic E-state index is 12.5. The molecule has 166 valence electrons. The highest BCUT2D eigenvalue weighted by Crippen LogP contribution is 2.38. The van der Waals surface area contributed by atoms with Gasteiger partial charge in [0.05, 0.1) is 23.4 Å². The molecule has 1 N–H and O–H groups in total. The van der Waals surface area contributed by atoms with Crippen molar-refractivity contribution in [1.29, 1.82) is 0 Å². The molecule has 0 unspecified atom stereocenters. The fourth-order valence-electron chi connectivity index (χ4n) is 3.83. The average molecular weight is 471 g/mol. The minimum Gasteiger partial charge on any atom is -0.465 e. The number of aromatic nitrogens is 3. The highest BCUT2D eigenvalue weighted by atomic mass is 35.5. The highest BCUT2D eigenvalue weighted by molar-refractivity contribution is 7.99. The zero-order valence-corrected chi connectivity index (χ0v) is 19.2. The molecule has 0 spiro atoms. The normalized spacial score (nSPS) is 13.8. The molecule has 4 rings (SSSR count). The molecule has 3 aromatic rings. The van der Waals surface area contributed by atoms with Gasteiger partial charge in [0.25, 0.3) is 0 Å². The lowest BCUT2D eigenvalue weighted by molar-refractivity contribution is -0.113. The second kappa shape index (κ2) is 10.2. The first kappa shape index (κ1) is 22.4. The van der Waals surface area contributed by atoms with E-state index in [1.165, 1.54) is 18.9 Å². The first-order valence-corrected chi connectivity index (χ1v) is 11.7. The number of anilines is 1. The van der Waals surface area contributed by atoms with Crippen LogP contribution < -0.4 is 5.32 Å². The summed E-state index contributed by atoms with van der Waals surface area (Å²) in [4.78, 5) is 24.1. The third-order valence-corrected chi connectivity index (χ3v) is 6.66. The van der Waals surface area contributed by atoms with Gasteiger partial charge in [-0.1, -0.05) is 48.3 Å². The summed E-state index contributed by atoms with van der Waals surface area (Å²) < 4.78 is 6.82. The van der Waals surface area contributed by atoms with Gasteiger partial charge in [0.2, 0.25) is 5.91 Å². The Bertz CT molecular complexity index is 1110. The van der Waals surface area contributed by atoms with Crippen LogP contribution >= 0.6 is 23.4 Å². The molecular formula is C23H23ClN4O3S. The predicted octanol–water partition coefficient (Wildman–Crippen LogP) is 5.23. The van der Waals surface area contributed by atoms with Gasteiger partial charge < -0.3 is 10.1 Å². The van der Waals surface area contributed by atoms with Gasteiger partial charge in [0, 0.05) is 17.3 Å². The summed E-state index contributed by atoms with van der Waals surface area (Å²) in [6.45, 7) is 0. The van der Waals surface area contributed by atoms with Crippen LogP contribution in [0, 0.1) is 0 Å². The van der Waals surface area contributed by atoms with Crippen LogP contribution in [0.4, 0.5) is 5.69 Å². The summed E-state index contributed by atoms with van der Waals surface area (Å²) >= 11 is 7.78. The zero-order valence-electron chi connectivity index (χ0n) is 17.6. The molecule has 0 saturated heterocycles. The Labute approximate surface area is 195 Å². The number of ether oxygens (including phenoxy) is 1. The lowest BCUT2D eigenvalue weighted by Gasteiger charge is -2.17. The van der Waals surface area contributed by atoms with Gasteiger partial charge in [-0.05, 0) is 49.2 Å². The average Bonchev–Trinajstić information content (AvgIpc) is 3.47. The van der Waals surface area contributed by atoms with Crippen molar-refractivity contribution < 1.29 is 14.3 Å². The number of carbonyl (C=O) groups excluding carboxylic acids is 2. The van der Waals surface area contributed by atoms with Gasteiger partial charge in [-0.25, -0.2) is 4.79 Å². The molecule has 1 aliphatic rings. The van der Waals surface area contributed by atoms with E-state index >= 15 is 0 Å². The molecule has 1 aromatic heterocycles. The number of thioether (sulfide) groups is 1. The third-order valence-electron chi connectivity index (χ3n) is 5.39. The second-order valence-corrected chi connectivity index (χ2v) is 8.85. The van der Waals surface area contributed by atoms with Crippen LogP contribution in [-0.2, 0) is 9.53 Å². The first-order valence-electron chi connectivity index (χ1n) is 10.4. The molecule has 2 aromatic carbocycles. The third kappa shape index (κ3) is 4.97. The van der Waals surface area contributed by atoms with E-state index in [1.807, 2.05) is 24.3 Å². The Morgan fingerprint density at radius 1 is 1.12 bits per heavy atom. The van der Waals surface area contributed by atoms with Crippen LogP contribution in [0.1, 0.15) is 42.1 Å². The molecule has 1 aliphatic carbocycles. The highest BCUT2D eigenvalue weighted by Gasteiger charge is 2.26. The number of hydrogen-bond acceptors (Lipinski definition) is 6. The molecule has 0 bridgehead atoms. The summed E-state index contributed by atoms with van der Waals surface area (Å²) in [5.41, 5.74) is 1.88. The molecule has 1 amide bonds. The maximum absolute atomic E-state index is 12.5. The van der Waals surface area contributed by atoms with Crippen LogP contribution in [0.15, 0.2) is 53.7 Å². The number of halogens is 1. The van der Waals surface area contributed by atoms with Crippen molar-refractivity contribution in [2.45, 2.75) is 36.9 Å². The first-order chi connectivity index (χ1) is 15.6. The number of nitrogens with zero attached hydrogens (tertiary/aromatic N) is 3. The van der Waals surface area contributed by atoms with Crippen LogP contribution in [0.25, 0.3) is 11.4 Å². The number of hydrogen-bond donors (Lipinski definition) is 1. The molecule has 32 heavy (non-hydrogen) atoms. The molecular weight excluding hydrogens is 448 g/mol. The Hall–Kier alpha value is -2.84. The summed E-state index contributed by atoms with van der Waals surface area (Å²) in [6, 6.07) is 14.5. The number of benzene rings is 2. The number of nitrogens with one attached hydrogen (secondary N) is 1. The Balaban J connectivity index is 1.47. The second-order valence-electron chi connectivity index (χ2n) is 7.50. The van der Waals surface area contributed by atoms with Crippen molar-refractivity contribution in [3.8, 4) is 11.4 Å². The van der Waals surface area contributed by atoms with Crippen molar-refractivity contribution in [2.24, 2.45) is 0 Å². The maximum Gasteiger partial charge on any atom is 0.337 e. The van der Waals surface area contributed by atoms with E-state index in [0.717, 1.165) is 37.1 Å². The number of esters is 1. The van der Waals surface area contributed by atoms with E-state index in [0.29, 0.717) is 27.5 Å². The Morgan fingerprint density at radius 2 is 1.84 bits per heavy atom. The van der Waals surface area contributed by atoms with Crippen LogP contribution in [-0.4, -0.2) is 39.5 Å². The monoisotopic (exact) mass is 470 g/mol. The lowest BCUT2D eigenvalue weighted by atomic mass is 10.2. The molecule has 9 heteroatoms. The quantitative estimate of drug-likeness (QED) is 0.376. The van der Waals surface area contributed by atoms with Crippen LogP contribution in [0.2, 0.25) is 5.02 Å². The van der Waals surface area contributed by atoms with E-state index in [4.69, 9.17) is 11.6 Å². The van der Waals surface area contributed by atoms with E-state index in [-0.39, 0.29) is 11.7 Å². The lowest BCUT2D eigenvalue weighted by Crippen LogP contribution is -2.15. The SMILES string of the molecule is COC(=O)c1ccc(NC(=O)CSc2nnc(-c3ccccc3Cl)n2C2CCCC2)cc1. The Morgan fingerprint density at radius 3 is 2.53 bits per heavy atom. The molecule has 0 radical (unpaired) electrons. The summed E-state index contributed by atoms with van der Waals surface area (Å²) in [6.07, 6.45) is 4.44. The molecule has 1 fully saturated rings. The zero-order chi connectivity index (χ0) is 22.5. The van der Waals surface area contributed by atoms with Crippen molar-refractivity contribution in [3.63, 3.8) is 0 Å². The van der Waals surface area contributed by atoms with E-state index < -0.39 is 5.97 Å². The molecule has 0 aliphatic heterocycles. The molecule has 7 nitrogen and oxygen atoms in total. The van der Waals surface area contributed by atoms with Gasteiger partial charge in [-0.2, -0.15) is 0 Å². The number of methoxy groups -OCH3 is 1. The number of amides is 1. The van der Waals surface area contributed by atoms with Crippen LogP contribution in [0.3, 0.4) is 0 Å². The summed E-state index contributed by atoms with van der Waals surface area (Å²) in [5.74, 6) is 0.343. The fourth-order valence-corrected chi connectivity index (χ4v) is 4.85. The van der Waals surface area contributed by atoms with Crippen molar-refractivity contribution in [1.82, 2.24) is 14.8 Å². The summed E-state index contributed by atoms with van der Waals surface area (Å²) in [5, 5.41) is 13.0. The Kier molecular flexibility index (Phi) is 7.12. The molecule has 0 atom stereocenters. The minimum atomic E-state index is -0.418. The van der Waals surface area contributed by atoms with Gasteiger partial charge in [0.1, 0.15) is 0 Å².